The Bertz CT molecular complexity index is 326. The third-order valence-electron chi connectivity index (χ3n) is 2.52. The van der Waals surface area contributed by atoms with E-state index >= 15 is 0 Å². The van der Waals surface area contributed by atoms with Crippen molar-refractivity contribution in [2.24, 2.45) is 0 Å². The third-order valence-corrected chi connectivity index (χ3v) is 3.55. The quantitative estimate of drug-likeness (QED) is 0.695. The second kappa shape index (κ2) is 6.13. The minimum absolute atomic E-state index is 0.0528. The molecule has 1 heterocycles. The fourth-order valence-corrected chi connectivity index (χ4v) is 2.44. The number of hydrogen-bond acceptors (Lipinski definition) is 5. The molecule has 0 aromatic heterocycles. The molecule has 0 aromatic rings. The largest absolute Gasteiger partial charge is 0.379 e. The minimum Gasteiger partial charge on any atom is -0.379 e. The predicted octanol–water partition coefficient (Wildman–Crippen LogP) is 0.205. The molecule has 102 valence electrons. The summed E-state index contributed by atoms with van der Waals surface area (Å²) in [7, 11) is -2.87. The van der Waals surface area contributed by atoms with Crippen LogP contribution in [0.1, 0.15) is 20.3 Å². The Morgan fingerprint density at radius 1 is 1.47 bits per heavy atom. The third kappa shape index (κ3) is 6.98. The van der Waals surface area contributed by atoms with Crippen LogP contribution in [0.4, 0.5) is 0 Å². The van der Waals surface area contributed by atoms with Crippen molar-refractivity contribution in [3.63, 3.8) is 0 Å². The number of ether oxygens (including phenoxy) is 2. The summed E-state index contributed by atoms with van der Waals surface area (Å²) in [5.74, 6) is 0.183. The van der Waals surface area contributed by atoms with Gasteiger partial charge in [-0.05, 0) is 20.3 Å². The zero-order valence-corrected chi connectivity index (χ0v) is 11.7. The maximum absolute atomic E-state index is 10.9. The van der Waals surface area contributed by atoms with Crippen molar-refractivity contribution in [3.8, 4) is 0 Å². The van der Waals surface area contributed by atoms with E-state index < -0.39 is 9.84 Å². The molecule has 6 heteroatoms. The molecule has 0 aliphatic carbocycles. The van der Waals surface area contributed by atoms with Gasteiger partial charge in [-0.25, -0.2) is 8.42 Å². The molecule has 1 aliphatic rings. The summed E-state index contributed by atoms with van der Waals surface area (Å²) in [6.45, 7) is 6.69. The van der Waals surface area contributed by atoms with Crippen LogP contribution in [0, 0.1) is 0 Å². The molecule has 5 nitrogen and oxygen atoms in total. The van der Waals surface area contributed by atoms with E-state index in [1.54, 1.807) is 0 Å². The van der Waals surface area contributed by atoms with Gasteiger partial charge < -0.3 is 14.8 Å². The van der Waals surface area contributed by atoms with Gasteiger partial charge in [0.25, 0.3) is 0 Å². The maximum Gasteiger partial charge on any atom is 0.147 e. The number of morpholine rings is 1. The zero-order valence-electron chi connectivity index (χ0n) is 10.9. The molecule has 0 amide bonds. The number of rotatable bonds is 6. The Hall–Kier alpha value is -0.170. The van der Waals surface area contributed by atoms with Gasteiger partial charge in [0, 0.05) is 26.0 Å². The Balaban J connectivity index is 2.11. The van der Waals surface area contributed by atoms with Crippen molar-refractivity contribution in [2.45, 2.75) is 32.0 Å². The lowest BCUT2D eigenvalue weighted by Crippen LogP contribution is -2.51. The molecule has 1 saturated heterocycles. The van der Waals surface area contributed by atoms with E-state index in [2.05, 4.69) is 5.32 Å². The van der Waals surface area contributed by atoms with Crippen molar-refractivity contribution < 1.29 is 17.9 Å². The Morgan fingerprint density at radius 3 is 2.76 bits per heavy atom. The SMILES string of the molecule is CC1(C)CNCC(COCCCS(C)(=O)=O)O1. The average Bonchev–Trinajstić information content (AvgIpc) is 2.13. The van der Waals surface area contributed by atoms with Crippen LogP contribution in [0.25, 0.3) is 0 Å². The van der Waals surface area contributed by atoms with Gasteiger partial charge in [-0.15, -0.1) is 0 Å². The van der Waals surface area contributed by atoms with Crippen molar-refractivity contribution in [1.29, 1.82) is 0 Å². The summed E-state index contributed by atoms with van der Waals surface area (Å²) in [4.78, 5) is 0. The van der Waals surface area contributed by atoms with Crippen LogP contribution >= 0.6 is 0 Å². The average molecular weight is 265 g/mol. The van der Waals surface area contributed by atoms with E-state index in [1.807, 2.05) is 13.8 Å². The maximum atomic E-state index is 10.9. The lowest BCUT2D eigenvalue weighted by atomic mass is 10.1. The van der Waals surface area contributed by atoms with Gasteiger partial charge in [-0.3, -0.25) is 0 Å². The molecule has 0 saturated carbocycles. The first-order valence-electron chi connectivity index (χ1n) is 5.92. The number of hydrogen-bond donors (Lipinski definition) is 1. The molecule has 1 N–H and O–H groups in total. The standard InChI is InChI=1S/C11H23NO4S/c1-11(2)9-12-7-10(16-11)8-15-5-4-6-17(3,13)14/h10,12H,4-9H2,1-3H3. The summed E-state index contributed by atoms with van der Waals surface area (Å²) in [5, 5.41) is 3.29. The second-order valence-electron chi connectivity index (χ2n) is 5.19. The van der Waals surface area contributed by atoms with Gasteiger partial charge in [-0.1, -0.05) is 0 Å². The summed E-state index contributed by atoms with van der Waals surface area (Å²) >= 11 is 0. The van der Waals surface area contributed by atoms with Crippen LogP contribution < -0.4 is 5.32 Å². The highest BCUT2D eigenvalue weighted by Crippen LogP contribution is 2.15. The molecule has 17 heavy (non-hydrogen) atoms. The monoisotopic (exact) mass is 265 g/mol. The van der Waals surface area contributed by atoms with Crippen molar-refractivity contribution in [2.75, 3.05) is 38.3 Å². The molecular formula is C11H23NO4S. The topological polar surface area (TPSA) is 64.6 Å². The van der Waals surface area contributed by atoms with Crippen molar-refractivity contribution in [3.05, 3.63) is 0 Å². The van der Waals surface area contributed by atoms with Crippen LogP contribution in [0.5, 0.6) is 0 Å². The van der Waals surface area contributed by atoms with E-state index in [-0.39, 0.29) is 17.5 Å². The Kier molecular flexibility index (Phi) is 5.37. The predicted molar refractivity (Wildman–Crippen MR) is 67.0 cm³/mol. The van der Waals surface area contributed by atoms with Crippen LogP contribution in [0.15, 0.2) is 0 Å². The first-order chi connectivity index (χ1) is 7.79. The molecule has 1 fully saturated rings. The molecule has 0 spiro atoms. The van der Waals surface area contributed by atoms with Crippen molar-refractivity contribution >= 4 is 9.84 Å². The lowest BCUT2D eigenvalue weighted by Gasteiger charge is -2.36. The first kappa shape index (κ1) is 14.9. The van der Waals surface area contributed by atoms with E-state index in [0.29, 0.717) is 19.6 Å². The van der Waals surface area contributed by atoms with Crippen LogP contribution in [0.2, 0.25) is 0 Å². The van der Waals surface area contributed by atoms with Crippen LogP contribution in [0.3, 0.4) is 0 Å². The van der Waals surface area contributed by atoms with E-state index in [0.717, 1.165) is 13.1 Å². The first-order valence-corrected chi connectivity index (χ1v) is 7.99. The van der Waals surface area contributed by atoms with Gasteiger partial charge in [0.1, 0.15) is 9.84 Å². The smallest absolute Gasteiger partial charge is 0.147 e. The fourth-order valence-electron chi connectivity index (χ4n) is 1.80. The molecule has 0 bridgehead atoms. The van der Waals surface area contributed by atoms with Crippen LogP contribution in [-0.2, 0) is 19.3 Å². The van der Waals surface area contributed by atoms with E-state index in [1.165, 1.54) is 6.26 Å². The minimum atomic E-state index is -2.87. The van der Waals surface area contributed by atoms with Gasteiger partial charge in [0.2, 0.25) is 0 Å². The molecule has 1 rings (SSSR count). The lowest BCUT2D eigenvalue weighted by molar-refractivity contribution is -0.120. The summed E-state index contributed by atoms with van der Waals surface area (Å²) in [6.07, 6.45) is 1.84. The van der Waals surface area contributed by atoms with E-state index in [9.17, 15) is 8.42 Å². The van der Waals surface area contributed by atoms with Crippen molar-refractivity contribution in [1.82, 2.24) is 5.32 Å². The Labute approximate surface area is 104 Å². The van der Waals surface area contributed by atoms with E-state index in [4.69, 9.17) is 9.47 Å². The summed E-state index contributed by atoms with van der Waals surface area (Å²) in [6, 6.07) is 0. The molecule has 0 aromatic carbocycles. The number of nitrogens with one attached hydrogen (secondary N) is 1. The van der Waals surface area contributed by atoms with Gasteiger partial charge in [-0.2, -0.15) is 0 Å². The summed E-state index contributed by atoms with van der Waals surface area (Å²) < 4.78 is 33.0. The fraction of sp³-hybridized carbons (Fsp3) is 1.00. The summed E-state index contributed by atoms with van der Waals surface area (Å²) in [5.41, 5.74) is -0.154. The highest BCUT2D eigenvalue weighted by molar-refractivity contribution is 7.90. The zero-order chi connectivity index (χ0) is 12.9. The molecule has 1 atom stereocenters. The Morgan fingerprint density at radius 2 is 2.18 bits per heavy atom. The molecular weight excluding hydrogens is 242 g/mol. The second-order valence-corrected chi connectivity index (χ2v) is 7.45. The highest BCUT2D eigenvalue weighted by atomic mass is 32.2. The molecule has 0 radical (unpaired) electrons. The molecule has 1 aliphatic heterocycles. The van der Waals surface area contributed by atoms with Gasteiger partial charge >= 0.3 is 0 Å². The number of sulfone groups is 1. The van der Waals surface area contributed by atoms with Gasteiger partial charge in [0.15, 0.2) is 0 Å². The molecule has 1 unspecified atom stereocenters. The van der Waals surface area contributed by atoms with Gasteiger partial charge in [0.05, 0.1) is 24.1 Å². The normalized spacial score (nSPS) is 24.8. The highest BCUT2D eigenvalue weighted by Gasteiger charge is 2.28. The van der Waals surface area contributed by atoms with Crippen LogP contribution in [-0.4, -0.2) is 58.4 Å².